The molecule has 0 unspecified atom stereocenters. The molecule has 0 radical (unpaired) electrons. The Bertz CT molecular complexity index is 912. The number of amides is 2. The van der Waals surface area contributed by atoms with E-state index in [-0.39, 0.29) is 18.0 Å². The van der Waals surface area contributed by atoms with Crippen LogP contribution in [0.5, 0.6) is 0 Å². The Kier molecular flexibility index (Phi) is 6.68. The molecule has 0 aliphatic heterocycles. The molecule has 0 bridgehead atoms. The Hall–Kier alpha value is -2.59. The van der Waals surface area contributed by atoms with Gasteiger partial charge in [0.05, 0.1) is 10.5 Å². The molecule has 0 aliphatic carbocycles. The number of benzene rings is 2. The van der Waals surface area contributed by atoms with Crippen LogP contribution >= 0.6 is 0 Å². The third-order valence-electron chi connectivity index (χ3n) is 3.99. The molecule has 152 valence electrons. The largest absolute Gasteiger partial charge is 0.416 e. The van der Waals surface area contributed by atoms with Gasteiger partial charge in [0.2, 0.25) is 10.0 Å². The van der Waals surface area contributed by atoms with Crippen LogP contribution in [0.1, 0.15) is 16.7 Å². The molecule has 2 aromatic carbocycles. The maximum Gasteiger partial charge on any atom is 0.416 e. The fraction of sp³-hybridized carbons (Fsp3) is 0.278. The number of hydrogen-bond acceptors (Lipinski definition) is 3. The number of nitrogens with one attached hydrogen (secondary N) is 2. The van der Waals surface area contributed by atoms with E-state index in [1.807, 2.05) is 0 Å². The van der Waals surface area contributed by atoms with Crippen molar-refractivity contribution in [2.24, 2.45) is 0 Å². The Labute approximate surface area is 161 Å². The van der Waals surface area contributed by atoms with Gasteiger partial charge in [-0.05, 0) is 42.4 Å². The molecule has 6 nitrogen and oxygen atoms in total. The fourth-order valence-corrected chi connectivity index (χ4v) is 3.09. The normalized spacial score (nSPS) is 11.9. The van der Waals surface area contributed by atoms with E-state index in [1.54, 1.807) is 12.1 Å². The maximum atomic E-state index is 12.6. The number of carbonyl (C=O) groups is 1. The lowest BCUT2D eigenvalue weighted by Crippen LogP contribution is -2.36. The van der Waals surface area contributed by atoms with Crippen molar-refractivity contribution < 1.29 is 26.4 Å². The number of nitrogens with zero attached hydrogens (tertiary/aromatic N) is 1. The molecule has 0 spiro atoms. The molecule has 2 rings (SSSR count). The van der Waals surface area contributed by atoms with Crippen LogP contribution in [0.25, 0.3) is 0 Å². The first-order chi connectivity index (χ1) is 13.0. The highest BCUT2D eigenvalue weighted by Gasteiger charge is 2.30. The maximum absolute atomic E-state index is 12.6. The number of sulfonamides is 1. The van der Waals surface area contributed by atoms with Crippen LogP contribution in [0.15, 0.2) is 53.4 Å². The molecule has 2 amide bonds. The van der Waals surface area contributed by atoms with Crippen molar-refractivity contribution in [3.63, 3.8) is 0 Å². The third kappa shape index (κ3) is 5.70. The van der Waals surface area contributed by atoms with Crippen molar-refractivity contribution in [1.29, 1.82) is 0 Å². The standard InChI is InChI=1S/C18H20F3N3O3S/c1-22-28(26,27)16-9-5-13(6-10-16)11-23-17(25)24(2)12-14-3-7-15(8-4-14)18(19,20)21/h3-10,22H,11-12H2,1-2H3,(H,23,25). The van der Waals surface area contributed by atoms with Crippen molar-refractivity contribution in [2.45, 2.75) is 24.2 Å². The summed E-state index contributed by atoms with van der Waals surface area (Å²) in [5.41, 5.74) is 0.519. The minimum Gasteiger partial charge on any atom is -0.334 e. The van der Waals surface area contributed by atoms with Crippen LogP contribution in [0, 0.1) is 0 Å². The van der Waals surface area contributed by atoms with Crippen LogP contribution in [0.2, 0.25) is 0 Å². The summed E-state index contributed by atoms with van der Waals surface area (Å²) in [6.45, 7) is 0.319. The molecule has 0 heterocycles. The molecule has 28 heavy (non-hydrogen) atoms. The van der Waals surface area contributed by atoms with Gasteiger partial charge in [-0.3, -0.25) is 0 Å². The highest BCUT2D eigenvalue weighted by Crippen LogP contribution is 2.29. The molecular weight excluding hydrogens is 395 g/mol. The van der Waals surface area contributed by atoms with E-state index in [9.17, 15) is 26.4 Å². The van der Waals surface area contributed by atoms with Gasteiger partial charge in [-0.15, -0.1) is 0 Å². The van der Waals surface area contributed by atoms with Crippen LogP contribution in [0.3, 0.4) is 0 Å². The number of urea groups is 1. The average molecular weight is 415 g/mol. The van der Waals surface area contributed by atoms with Crippen LogP contribution in [0.4, 0.5) is 18.0 Å². The summed E-state index contributed by atoms with van der Waals surface area (Å²) in [6.07, 6.45) is -4.40. The zero-order chi connectivity index (χ0) is 20.9. The van der Waals surface area contributed by atoms with Crippen molar-refractivity contribution in [2.75, 3.05) is 14.1 Å². The smallest absolute Gasteiger partial charge is 0.334 e. The van der Waals surface area contributed by atoms with Gasteiger partial charge in [0, 0.05) is 20.1 Å². The van der Waals surface area contributed by atoms with Gasteiger partial charge in [0.1, 0.15) is 0 Å². The first-order valence-corrected chi connectivity index (χ1v) is 9.69. The molecule has 0 aliphatic rings. The topological polar surface area (TPSA) is 78.5 Å². The minimum absolute atomic E-state index is 0.115. The molecule has 0 saturated carbocycles. The van der Waals surface area contributed by atoms with E-state index in [1.165, 1.54) is 43.3 Å². The monoisotopic (exact) mass is 415 g/mol. The van der Waals surface area contributed by atoms with Crippen molar-refractivity contribution in [1.82, 2.24) is 14.9 Å². The average Bonchev–Trinajstić information content (AvgIpc) is 2.66. The summed E-state index contributed by atoms with van der Waals surface area (Å²) >= 11 is 0. The second-order valence-electron chi connectivity index (χ2n) is 6.06. The summed E-state index contributed by atoms with van der Waals surface area (Å²) in [7, 11) is -0.684. The number of hydrogen-bond donors (Lipinski definition) is 2. The van der Waals surface area contributed by atoms with E-state index in [2.05, 4.69) is 10.0 Å². The lowest BCUT2D eigenvalue weighted by atomic mass is 10.1. The molecule has 2 aromatic rings. The van der Waals surface area contributed by atoms with Gasteiger partial charge >= 0.3 is 12.2 Å². The number of halogens is 3. The van der Waals surface area contributed by atoms with Gasteiger partial charge < -0.3 is 10.2 Å². The van der Waals surface area contributed by atoms with E-state index in [4.69, 9.17) is 0 Å². The van der Waals surface area contributed by atoms with E-state index < -0.39 is 27.8 Å². The molecule has 10 heteroatoms. The SMILES string of the molecule is CNS(=O)(=O)c1ccc(CNC(=O)N(C)Cc2ccc(C(F)(F)F)cc2)cc1. The molecule has 0 atom stereocenters. The predicted octanol–water partition coefficient (Wildman–Crippen LogP) is 2.96. The lowest BCUT2D eigenvalue weighted by molar-refractivity contribution is -0.137. The predicted molar refractivity (Wildman–Crippen MR) is 97.8 cm³/mol. The summed E-state index contributed by atoms with van der Waals surface area (Å²) in [6, 6.07) is 10.2. The second kappa shape index (κ2) is 8.61. The minimum atomic E-state index is -4.40. The zero-order valence-corrected chi connectivity index (χ0v) is 16.1. The van der Waals surface area contributed by atoms with E-state index >= 15 is 0 Å². The number of alkyl halides is 3. The Balaban J connectivity index is 1.90. The molecule has 0 saturated heterocycles. The number of rotatable bonds is 6. The Morgan fingerprint density at radius 2 is 1.54 bits per heavy atom. The first-order valence-electron chi connectivity index (χ1n) is 8.20. The highest BCUT2D eigenvalue weighted by atomic mass is 32.2. The quantitative estimate of drug-likeness (QED) is 0.762. The van der Waals surface area contributed by atoms with Crippen LogP contribution in [-0.4, -0.2) is 33.4 Å². The van der Waals surface area contributed by atoms with Crippen LogP contribution < -0.4 is 10.0 Å². The molecular formula is C18H20F3N3O3S. The first kappa shape index (κ1) is 21.7. The van der Waals surface area contributed by atoms with Crippen molar-refractivity contribution in [3.8, 4) is 0 Å². The second-order valence-corrected chi connectivity index (χ2v) is 7.95. The van der Waals surface area contributed by atoms with Gasteiger partial charge in [0.25, 0.3) is 0 Å². The van der Waals surface area contributed by atoms with E-state index in [0.29, 0.717) is 11.1 Å². The van der Waals surface area contributed by atoms with Crippen molar-refractivity contribution in [3.05, 3.63) is 65.2 Å². The molecule has 0 fully saturated rings. The summed E-state index contributed by atoms with van der Waals surface area (Å²) in [4.78, 5) is 13.6. The van der Waals surface area contributed by atoms with Gasteiger partial charge in [0.15, 0.2) is 0 Å². The van der Waals surface area contributed by atoms with Gasteiger partial charge in [-0.1, -0.05) is 24.3 Å². The Morgan fingerprint density at radius 3 is 2.04 bits per heavy atom. The molecule has 2 N–H and O–H groups in total. The fourth-order valence-electron chi connectivity index (χ4n) is 2.36. The summed E-state index contributed by atoms with van der Waals surface area (Å²) < 4.78 is 63.3. The van der Waals surface area contributed by atoms with Gasteiger partial charge in [-0.25, -0.2) is 17.9 Å². The Morgan fingerprint density at radius 1 is 1.00 bits per heavy atom. The van der Waals surface area contributed by atoms with Gasteiger partial charge in [-0.2, -0.15) is 13.2 Å². The zero-order valence-electron chi connectivity index (χ0n) is 15.2. The lowest BCUT2D eigenvalue weighted by Gasteiger charge is -2.18. The summed E-state index contributed by atoms with van der Waals surface area (Å²) in [5.74, 6) is 0. The van der Waals surface area contributed by atoms with Crippen LogP contribution in [-0.2, 0) is 29.3 Å². The highest BCUT2D eigenvalue weighted by molar-refractivity contribution is 7.89. The summed E-state index contributed by atoms with van der Waals surface area (Å²) in [5, 5.41) is 2.67. The number of carbonyl (C=O) groups excluding carboxylic acids is 1. The third-order valence-corrected chi connectivity index (χ3v) is 5.42. The molecule has 0 aromatic heterocycles. The van der Waals surface area contributed by atoms with E-state index in [0.717, 1.165) is 12.1 Å². The van der Waals surface area contributed by atoms with Crippen molar-refractivity contribution >= 4 is 16.1 Å².